The zero-order valence-electron chi connectivity index (χ0n) is 11.7. The van der Waals surface area contributed by atoms with Gasteiger partial charge in [-0.15, -0.1) is 0 Å². The summed E-state index contributed by atoms with van der Waals surface area (Å²) in [6, 6.07) is 6.46. The molecule has 0 radical (unpaired) electrons. The van der Waals surface area contributed by atoms with E-state index in [1.807, 2.05) is 0 Å². The lowest BCUT2D eigenvalue weighted by atomic mass is 9.85. The molecule has 1 N–H and O–H groups in total. The van der Waals surface area contributed by atoms with E-state index >= 15 is 0 Å². The van der Waals surface area contributed by atoms with Gasteiger partial charge in [0.2, 0.25) is 0 Å². The first-order valence-electron chi connectivity index (χ1n) is 6.83. The number of rotatable bonds is 7. The average molecular weight is 280 g/mol. The van der Waals surface area contributed by atoms with E-state index in [4.69, 9.17) is 9.47 Å². The number of hydrogen-bond acceptors (Lipinski definition) is 5. The van der Waals surface area contributed by atoms with Crippen LogP contribution in [0.5, 0.6) is 5.75 Å². The monoisotopic (exact) mass is 280 g/mol. The number of ether oxygens (including phenoxy) is 2. The summed E-state index contributed by atoms with van der Waals surface area (Å²) in [5, 5.41) is 14.0. The summed E-state index contributed by atoms with van der Waals surface area (Å²) in [7, 11) is 1.68. The van der Waals surface area contributed by atoms with E-state index < -0.39 is 4.92 Å². The molecular formula is C14H20N2O4. The predicted molar refractivity (Wildman–Crippen MR) is 75.0 cm³/mol. The Morgan fingerprint density at radius 1 is 1.40 bits per heavy atom. The molecule has 3 unspecified atom stereocenters. The van der Waals surface area contributed by atoms with Gasteiger partial charge in [-0.05, 0) is 25.1 Å². The Labute approximate surface area is 118 Å². The SMILES string of the molecule is CCCNC1CC(Oc2ccc([N+](=O)[O-])cc2)C1OC. The molecule has 1 aromatic rings. The maximum absolute atomic E-state index is 10.6. The Hall–Kier alpha value is -1.66. The number of benzene rings is 1. The van der Waals surface area contributed by atoms with Gasteiger partial charge >= 0.3 is 0 Å². The Kier molecular flexibility index (Phi) is 4.92. The maximum atomic E-state index is 10.6. The van der Waals surface area contributed by atoms with Crippen LogP contribution in [0, 0.1) is 10.1 Å². The molecule has 6 heteroatoms. The van der Waals surface area contributed by atoms with Crippen LogP contribution in [0.1, 0.15) is 19.8 Å². The summed E-state index contributed by atoms with van der Waals surface area (Å²) in [6.07, 6.45) is 1.99. The Morgan fingerprint density at radius 2 is 2.10 bits per heavy atom. The fourth-order valence-electron chi connectivity index (χ4n) is 2.36. The molecule has 0 heterocycles. The number of methoxy groups -OCH3 is 1. The van der Waals surface area contributed by atoms with Gasteiger partial charge in [0, 0.05) is 31.7 Å². The van der Waals surface area contributed by atoms with Crippen LogP contribution < -0.4 is 10.1 Å². The summed E-state index contributed by atoms with van der Waals surface area (Å²) in [6.45, 7) is 3.09. The lowest BCUT2D eigenvalue weighted by Crippen LogP contribution is -2.61. The first kappa shape index (κ1) is 14.7. The third-order valence-corrected chi connectivity index (χ3v) is 3.51. The molecule has 3 atom stereocenters. The van der Waals surface area contributed by atoms with E-state index in [0.29, 0.717) is 11.8 Å². The van der Waals surface area contributed by atoms with Crippen LogP contribution in [0.25, 0.3) is 0 Å². The summed E-state index contributed by atoms with van der Waals surface area (Å²) >= 11 is 0. The minimum Gasteiger partial charge on any atom is -0.488 e. The minimum atomic E-state index is -0.421. The number of nitro groups is 1. The molecule has 0 amide bonds. The highest BCUT2D eigenvalue weighted by Crippen LogP contribution is 2.29. The molecule has 0 aromatic heterocycles. The van der Waals surface area contributed by atoms with Gasteiger partial charge in [0.15, 0.2) is 0 Å². The van der Waals surface area contributed by atoms with Gasteiger partial charge in [0.1, 0.15) is 18.0 Å². The van der Waals surface area contributed by atoms with Gasteiger partial charge < -0.3 is 14.8 Å². The van der Waals surface area contributed by atoms with Gasteiger partial charge in [0.25, 0.3) is 5.69 Å². The second kappa shape index (κ2) is 6.67. The third-order valence-electron chi connectivity index (χ3n) is 3.51. The van der Waals surface area contributed by atoms with Gasteiger partial charge in [-0.1, -0.05) is 6.92 Å². The molecule has 20 heavy (non-hydrogen) atoms. The quantitative estimate of drug-likeness (QED) is 0.612. The van der Waals surface area contributed by atoms with Crippen molar-refractivity contribution < 1.29 is 14.4 Å². The summed E-state index contributed by atoms with van der Waals surface area (Å²) in [4.78, 5) is 10.2. The summed E-state index contributed by atoms with van der Waals surface area (Å²) in [5.74, 6) is 0.636. The van der Waals surface area contributed by atoms with Crippen LogP contribution in [0.2, 0.25) is 0 Å². The third kappa shape index (κ3) is 3.26. The highest BCUT2D eigenvalue weighted by Gasteiger charge is 2.42. The Balaban J connectivity index is 1.89. The number of hydrogen-bond donors (Lipinski definition) is 1. The van der Waals surface area contributed by atoms with Crippen molar-refractivity contribution in [2.75, 3.05) is 13.7 Å². The molecule has 0 bridgehead atoms. The van der Waals surface area contributed by atoms with E-state index in [9.17, 15) is 10.1 Å². The molecule has 1 fully saturated rings. The van der Waals surface area contributed by atoms with Crippen LogP contribution >= 0.6 is 0 Å². The Bertz CT molecular complexity index is 449. The number of nitrogens with one attached hydrogen (secondary N) is 1. The summed E-state index contributed by atoms with van der Waals surface area (Å²) < 4.78 is 11.3. The number of nitrogens with zero attached hydrogens (tertiary/aromatic N) is 1. The number of non-ortho nitro benzene ring substituents is 1. The van der Waals surface area contributed by atoms with Gasteiger partial charge in [-0.3, -0.25) is 10.1 Å². The molecular weight excluding hydrogens is 260 g/mol. The molecule has 0 saturated heterocycles. The maximum Gasteiger partial charge on any atom is 0.269 e. The second-order valence-electron chi connectivity index (χ2n) is 4.90. The van der Waals surface area contributed by atoms with E-state index in [0.717, 1.165) is 19.4 Å². The van der Waals surface area contributed by atoms with E-state index in [-0.39, 0.29) is 17.9 Å². The minimum absolute atomic E-state index is 0.00388. The largest absolute Gasteiger partial charge is 0.488 e. The molecule has 1 aromatic carbocycles. The first-order chi connectivity index (χ1) is 9.65. The predicted octanol–water partition coefficient (Wildman–Crippen LogP) is 2.13. The zero-order chi connectivity index (χ0) is 14.5. The van der Waals surface area contributed by atoms with Crippen LogP contribution in [0.3, 0.4) is 0 Å². The lowest BCUT2D eigenvalue weighted by molar-refractivity contribution is -0.384. The van der Waals surface area contributed by atoms with Crippen molar-refractivity contribution in [2.24, 2.45) is 0 Å². The molecule has 1 aliphatic carbocycles. The van der Waals surface area contributed by atoms with Crippen molar-refractivity contribution >= 4 is 5.69 Å². The van der Waals surface area contributed by atoms with E-state index in [2.05, 4.69) is 12.2 Å². The van der Waals surface area contributed by atoms with Crippen LogP contribution in [-0.4, -0.2) is 36.8 Å². The second-order valence-corrected chi connectivity index (χ2v) is 4.90. The van der Waals surface area contributed by atoms with Crippen LogP contribution in [0.4, 0.5) is 5.69 Å². The summed E-state index contributed by atoms with van der Waals surface area (Å²) in [5.41, 5.74) is 0.0664. The zero-order valence-corrected chi connectivity index (χ0v) is 11.7. The molecule has 1 aliphatic rings. The van der Waals surface area contributed by atoms with Crippen molar-refractivity contribution in [1.29, 1.82) is 0 Å². The van der Waals surface area contributed by atoms with Crippen LogP contribution in [0.15, 0.2) is 24.3 Å². The van der Waals surface area contributed by atoms with Crippen molar-refractivity contribution in [3.63, 3.8) is 0 Å². The molecule has 110 valence electrons. The highest BCUT2D eigenvalue weighted by atomic mass is 16.6. The van der Waals surface area contributed by atoms with E-state index in [1.165, 1.54) is 12.1 Å². The smallest absolute Gasteiger partial charge is 0.269 e. The molecule has 1 saturated carbocycles. The van der Waals surface area contributed by atoms with Gasteiger partial charge in [-0.25, -0.2) is 0 Å². The topological polar surface area (TPSA) is 73.6 Å². The highest BCUT2D eigenvalue weighted by molar-refractivity contribution is 5.36. The average Bonchev–Trinajstić information content (AvgIpc) is 2.43. The number of nitro benzene ring substituents is 1. The fourth-order valence-corrected chi connectivity index (χ4v) is 2.36. The first-order valence-corrected chi connectivity index (χ1v) is 6.83. The van der Waals surface area contributed by atoms with Crippen molar-refractivity contribution in [2.45, 2.75) is 38.0 Å². The van der Waals surface area contributed by atoms with E-state index in [1.54, 1.807) is 19.2 Å². The standard InChI is InChI=1S/C14H20N2O4/c1-3-8-15-12-9-13(14(12)19-2)20-11-6-4-10(5-7-11)16(17)18/h4-7,12-15H,3,8-9H2,1-2H3. The molecule has 6 nitrogen and oxygen atoms in total. The Morgan fingerprint density at radius 3 is 2.65 bits per heavy atom. The van der Waals surface area contributed by atoms with Crippen molar-refractivity contribution in [3.05, 3.63) is 34.4 Å². The van der Waals surface area contributed by atoms with Gasteiger partial charge in [-0.2, -0.15) is 0 Å². The fraction of sp³-hybridized carbons (Fsp3) is 0.571. The van der Waals surface area contributed by atoms with Crippen LogP contribution in [-0.2, 0) is 4.74 Å². The molecule has 0 spiro atoms. The molecule has 0 aliphatic heterocycles. The van der Waals surface area contributed by atoms with Crippen molar-refractivity contribution in [3.8, 4) is 5.75 Å². The van der Waals surface area contributed by atoms with Gasteiger partial charge in [0.05, 0.1) is 4.92 Å². The van der Waals surface area contributed by atoms with Crippen molar-refractivity contribution in [1.82, 2.24) is 5.32 Å². The molecule has 2 rings (SSSR count). The lowest BCUT2D eigenvalue weighted by Gasteiger charge is -2.43. The normalized spacial score (nSPS) is 25.0.